The molecule has 0 fully saturated rings. The molecule has 10 heteroatoms. The summed E-state index contributed by atoms with van der Waals surface area (Å²) in [5, 5.41) is 3.42. The van der Waals surface area contributed by atoms with Crippen LogP contribution in [0.3, 0.4) is 0 Å². The monoisotopic (exact) mass is 538 g/mol. The first-order valence-electron chi connectivity index (χ1n) is 12.9. The highest BCUT2D eigenvalue weighted by molar-refractivity contribution is 5.95. The van der Waals surface area contributed by atoms with Gasteiger partial charge in [0.25, 0.3) is 0 Å². The number of carbonyl (C=O) groups excluding carboxylic acids is 1. The Labute approximate surface area is 226 Å². The van der Waals surface area contributed by atoms with Crippen molar-refractivity contribution >= 4 is 22.8 Å². The highest BCUT2D eigenvalue weighted by Gasteiger charge is 2.30. The summed E-state index contributed by atoms with van der Waals surface area (Å²) in [5.41, 5.74) is 2.32. The van der Waals surface area contributed by atoms with E-state index in [0.717, 1.165) is 18.7 Å². The number of hydrogen-bond acceptors (Lipinski definition) is 6. The number of rotatable bonds is 10. The van der Waals surface area contributed by atoms with Gasteiger partial charge in [0, 0.05) is 36.3 Å². The number of hydrogen-bond donors (Lipinski definition) is 1. The van der Waals surface area contributed by atoms with E-state index in [1.165, 1.54) is 19.1 Å². The van der Waals surface area contributed by atoms with Crippen LogP contribution in [-0.4, -0.2) is 55.4 Å². The van der Waals surface area contributed by atoms with Gasteiger partial charge in [-0.3, -0.25) is 9.69 Å². The van der Waals surface area contributed by atoms with Gasteiger partial charge in [0.1, 0.15) is 5.52 Å². The van der Waals surface area contributed by atoms with Gasteiger partial charge in [-0.15, -0.1) is 0 Å². The quantitative estimate of drug-likeness (QED) is 0.239. The van der Waals surface area contributed by atoms with E-state index < -0.39 is 11.7 Å². The number of benzene rings is 2. The number of anilines is 1. The number of imidazole rings is 1. The summed E-state index contributed by atoms with van der Waals surface area (Å²) < 4.78 is 40.8. The van der Waals surface area contributed by atoms with E-state index in [2.05, 4.69) is 42.9 Å². The third-order valence-electron chi connectivity index (χ3n) is 6.61. The molecule has 0 radical (unpaired) electrons. The molecule has 0 saturated heterocycles. The number of alkyl halides is 3. The van der Waals surface area contributed by atoms with Crippen LogP contribution in [0, 0.1) is 0 Å². The lowest BCUT2D eigenvalue weighted by atomic mass is 10.1. The molecule has 2 heterocycles. The molecule has 0 aliphatic carbocycles. The Morgan fingerprint density at radius 2 is 1.72 bits per heavy atom. The first kappa shape index (κ1) is 28.2. The summed E-state index contributed by atoms with van der Waals surface area (Å²) in [6, 6.07) is 12.9. The van der Waals surface area contributed by atoms with Crippen molar-refractivity contribution < 1.29 is 18.0 Å². The first-order chi connectivity index (χ1) is 18.4. The van der Waals surface area contributed by atoms with Crippen LogP contribution in [0.25, 0.3) is 22.6 Å². The number of nitrogens with zero attached hydrogens (tertiary/aromatic N) is 5. The molecule has 2 aromatic carbocycles. The molecule has 0 aliphatic heterocycles. The molecule has 1 N–H and O–H groups in total. The number of aromatic nitrogens is 4. The Balaban J connectivity index is 1.71. The zero-order valence-corrected chi connectivity index (χ0v) is 22.8. The Morgan fingerprint density at radius 3 is 2.33 bits per heavy atom. The largest absolute Gasteiger partial charge is 0.416 e. The van der Waals surface area contributed by atoms with Gasteiger partial charge in [-0.2, -0.15) is 13.2 Å². The first-order valence-corrected chi connectivity index (χ1v) is 12.9. The fourth-order valence-corrected chi connectivity index (χ4v) is 4.60. The number of ketones is 1. The minimum absolute atomic E-state index is 0.0638. The molecule has 7 nitrogen and oxygen atoms in total. The second-order valence-electron chi connectivity index (χ2n) is 10.1. The van der Waals surface area contributed by atoms with Crippen LogP contribution in [0.1, 0.15) is 56.1 Å². The van der Waals surface area contributed by atoms with Gasteiger partial charge in [-0.25, -0.2) is 15.0 Å². The maximum Gasteiger partial charge on any atom is 0.416 e. The molecule has 0 atom stereocenters. The summed E-state index contributed by atoms with van der Waals surface area (Å²) in [6.45, 7) is 11.8. The normalized spacial score (nSPS) is 12.2. The Bertz CT molecular complexity index is 1440. The van der Waals surface area contributed by atoms with Gasteiger partial charge in [-0.05, 0) is 58.4 Å². The molecule has 0 amide bonds. The minimum Gasteiger partial charge on any atom is -0.367 e. The van der Waals surface area contributed by atoms with Gasteiger partial charge < -0.3 is 9.88 Å². The standard InChI is InChI=1S/C29H33F3N6O/c1-18(2)38(19(3)4)14-13-33-27-25-28(36-26(35-27)23-8-6-7-22(15-23)20(5)39)37(17-34-25)16-21-9-11-24(12-10-21)29(30,31)32/h6-12,15,17-19H,13-14,16H2,1-5H3,(H,33,35,36). The number of nitrogens with one attached hydrogen (secondary N) is 1. The number of Topliss-reactive ketones (excluding diaryl/α,β-unsaturated/α-hetero) is 1. The van der Waals surface area contributed by atoms with Crippen LogP contribution in [0.5, 0.6) is 0 Å². The van der Waals surface area contributed by atoms with Crippen LogP contribution < -0.4 is 5.32 Å². The van der Waals surface area contributed by atoms with Crippen molar-refractivity contribution in [3.05, 3.63) is 71.5 Å². The van der Waals surface area contributed by atoms with Crippen LogP contribution in [0.4, 0.5) is 19.0 Å². The van der Waals surface area contributed by atoms with E-state index in [4.69, 9.17) is 9.97 Å². The zero-order valence-electron chi connectivity index (χ0n) is 22.8. The van der Waals surface area contributed by atoms with Crippen LogP contribution in [-0.2, 0) is 12.7 Å². The van der Waals surface area contributed by atoms with Gasteiger partial charge in [0.2, 0.25) is 0 Å². The fourth-order valence-electron chi connectivity index (χ4n) is 4.60. The highest BCUT2D eigenvalue weighted by Crippen LogP contribution is 2.30. The topological polar surface area (TPSA) is 75.9 Å². The Kier molecular flexibility index (Phi) is 8.34. The third kappa shape index (κ3) is 6.62. The highest BCUT2D eigenvalue weighted by atomic mass is 19.4. The Morgan fingerprint density at radius 1 is 1.03 bits per heavy atom. The SMILES string of the molecule is CC(=O)c1cccc(-c2nc(NCCN(C(C)C)C(C)C)c3ncn(Cc4ccc(C(F)(F)F)cc4)c3n2)c1. The van der Waals surface area contributed by atoms with Crippen molar-refractivity contribution in [3.8, 4) is 11.4 Å². The number of carbonyl (C=O) groups is 1. The second kappa shape index (κ2) is 11.5. The van der Waals surface area contributed by atoms with Crippen LogP contribution in [0.15, 0.2) is 54.9 Å². The van der Waals surface area contributed by atoms with Gasteiger partial charge in [0.15, 0.2) is 23.1 Å². The molecule has 0 aliphatic rings. The molecule has 0 spiro atoms. The molecule has 0 saturated carbocycles. The van der Waals surface area contributed by atoms with Crippen molar-refractivity contribution in [3.63, 3.8) is 0 Å². The summed E-state index contributed by atoms with van der Waals surface area (Å²) in [6.07, 6.45) is -2.77. The number of halogens is 3. The predicted octanol–water partition coefficient (Wildman–Crippen LogP) is 6.29. The van der Waals surface area contributed by atoms with Crippen molar-refractivity contribution in [2.45, 2.75) is 59.4 Å². The lowest BCUT2D eigenvalue weighted by Gasteiger charge is -2.30. The van der Waals surface area contributed by atoms with Crippen LogP contribution >= 0.6 is 0 Å². The summed E-state index contributed by atoms with van der Waals surface area (Å²) in [4.78, 5) is 28.4. The molecule has 4 aromatic rings. The van der Waals surface area contributed by atoms with Crippen LogP contribution in [0.2, 0.25) is 0 Å². The Hall–Kier alpha value is -3.79. The van der Waals surface area contributed by atoms with Crippen molar-refractivity contribution in [2.75, 3.05) is 18.4 Å². The van der Waals surface area contributed by atoms with E-state index in [-0.39, 0.29) is 12.3 Å². The lowest BCUT2D eigenvalue weighted by molar-refractivity contribution is -0.137. The molecule has 39 heavy (non-hydrogen) atoms. The number of fused-ring (bicyclic) bond motifs is 1. The smallest absolute Gasteiger partial charge is 0.367 e. The second-order valence-corrected chi connectivity index (χ2v) is 10.1. The van der Waals surface area contributed by atoms with E-state index in [0.29, 0.717) is 58.1 Å². The van der Waals surface area contributed by atoms with E-state index in [9.17, 15) is 18.0 Å². The molecular formula is C29H33F3N6O. The molecular weight excluding hydrogens is 505 g/mol. The van der Waals surface area contributed by atoms with Gasteiger partial charge in [-0.1, -0.05) is 30.3 Å². The summed E-state index contributed by atoms with van der Waals surface area (Å²) in [5.74, 6) is 0.916. The predicted molar refractivity (Wildman–Crippen MR) is 147 cm³/mol. The van der Waals surface area contributed by atoms with Crippen molar-refractivity contribution in [1.82, 2.24) is 24.4 Å². The van der Waals surface area contributed by atoms with E-state index in [1.54, 1.807) is 29.1 Å². The fraction of sp³-hybridized carbons (Fsp3) is 0.379. The summed E-state index contributed by atoms with van der Waals surface area (Å²) in [7, 11) is 0. The van der Waals surface area contributed by atoms with Crippen molar-refractivity contribution in [1.29, 1.82) is 0 Å². The maximum atomic E-state index is 13.0. The van der Waals surface area contributed by atoms with Gasteiger partial charge >= 0.3 is 6.18 Å². The van der Waals surface area contributed by atoms with Crippen molar-refractivity contribution in [2.24, 2.45) is 0 Å². The lowest BCUT2D eigenvalue weighted by Crippen LogP contribution is -2.40. The molecule has 0 bridgehead atoms. The molecule has 4 rings (SSSR count). The molecule has 0 unspecified atom stereocenters. The van der Waals surface area contributed by atoms with E-state index in [1.807, 2.05) is 6.07 Å². The average Bonchev–Trinajstić information content (AvgIpc) is 3.28. The third-order valence-corrected chi connectivity index (χ3v) is 6.61. The molecule has 2 aromatic heterocycles. The zero-order chi connectivity index (χ0) is 28.3. The van der Waals surface area contributed by atoms with Gasteiger partial charge in [0.05, 0.1) is 18.4 Å². The van der Waals surface area contributed by atoms with E-state index >= 15 is 0 Å². The maximum absolute atomic E-state index is 13.0. The minimum atomic E-state index is -4.39. The summed E-state index contributed by atoms with van der Waals surface area (Å²) >= 11 is 0. The molecule has 206 valence electrons. The average molecular weight is 539 g/mol.